The largest absolute Gasteiger partial charge is 0.306 e. The molecule has 0 aromatic heterocycles. The van der Waals surface area contributed by atoms with Crippen molar-refractivity contribution in [3.05, 3.63) is 10.1 Å². The van der Waals surface area contributed by atoms with Gasteiger partial charge < -0.3 is 5.73 Å². The SMILES string of the molecule is CC(N)O[N+](=O)[O-]. The van der Waals surface area contributed by atoms with E-state index in [9.17, 15) is 10.1 Å². The molecule has 0 amide bonds. The summed E-state index contributed by atoms with van der Waals surface area (Å²) in [5, 5.41) is 8.39. The Balaban J connectivity index is 3.13. The average molecular weight is 106 g/mol. The van der Waals surface area contributed by atoms with Crippen molar-refractivity contribution < 1.29 is 9.92 Å². The van der Waals surface area contributed by atoms with E-state index in [-0.39, 0.29) is 0 Å². The van der Waals surface area contributed by atoms with Crippen LogP contribution in [-0.4, -0.2) is 11.3 Å². The van der Waals surface area contributed by atoms with E-state index in [0.717, 1.165) is 0 Å². The zero-order valence-electron chi connectivity index (χ0n) is 3.83. The minimum absolute atomic E-state index is 0.824. The lowest BCUT2D eigenvalue weighted by atomic mass is 10.7. The molecular weight excluding hydrogens is 100 g/mol. The highest BCUT2D eigenvalue weighted by Crippen LogP contribution is 1.76. The molecule has 0 aliphatic heterocycles. The monoisotopic (exact) mass is 106 g/mol. The summed E-state index contributed by atoms with van der Waals surface area (Å²) in [5.74, 6) is 0. The number of rotatable bonds is 2. The van der Waals surface area contributed by atoms with Crippen molar-refractivity contribution >= 4 is 0 Å². The second-order valence-corrected chi connectivity index (χ2v) is 1.03. The molecule has 0 saturated heterocycles. The molecule has 0 aliphatic rings. The van der Waals surface area contributed by atoms with E-state index < -0.39 is 11.3 Å². The minimum Gasteiger partial charge on any atom is -0.306 e. The summed E-state index contributed by atoms with van der Waals surface area (Å²) in [7, 11) is 0. The molecule has 0 aromatic carbocycles. The van der Waals surface area contributed by atoms with Gasteiger partial charge in [0.1, 0.15) is 0 Å². The van der Waals surface area contributed by atoms with E-state index in [4.69, 9.17) is 5.73 Å². The van der Waals surface area contributed by atoms with Gasteiger partial charge in [0.15, 0.2) is 6.23 Å². The Morgan fingerprint density at radius 3 is 2.43 bits per heavy atom. The van der Waals surface area contributed by atoms with Crippen LogP contribution in [0.25, 0.3) is 0 Å². The topological polar surface area (TPSA) is 78.4 Å². The third kappa shape index (κ3) is 5.16. The molecule has 42 valence electrons. The van der Waals surface area contributed by atoms with Gasteiger partial charge in [0.2, 0.25) is 0 Å². The van der Waals surface area contributed by atoms with Crippen molar-refractivity contribution in [1.29, 1.82) is 0 Å². The maximum absolute atomic E-state index is 9.31. The van der Waals surface area contributed by atoms with Crippen molar-refractivity contribution in [3.8, 4) is 0 Å². The van der Waals surface area contributed by atoms with Crippen LogP contribution in [0.5, 0.6) is 0 Å². The van der Waals surface area contributed by atoms with E-state index in [0.29, 0.717) is 0 Å². The number of nitrogens with two attached hydrogens (primary N) is 1. The molecule has 0 aliphatic carbocycles. The Morgan fingerprint density at radius 2 is 2.43 bits per heavy atom. The third-order valence-electron chi connectivity index (χ3n) is 0.252. The molecule has 0 heterocycles. The number of hydrogen-bond acceptors (Lipinski definition) is 4. The maximum atomic E-state index is 9.31. The first kappa shape index (κ1) is 6.16. The van der Waals surface area contributed by atoms with Gasteiger partial charge in [0.25, 0.3) is 5.09 Å². The van der Waals surface area contributed by atoms with E-state index >= 15 is 0 Å². The van der Waals surface area contributed by atoms with Gasteiger partial charge in [-0.25, -0.2) is 0 Å². The van der Waals surface area contributed by atoms with Crippen LogP contribution in [0, 0.1) is 10.1 Å². The van der Waals surface area contributed by atoms with Crippen LogP contribution in [0.4, 0.5) is 0 Å². The summed E-state index contributed by atoms with van der Waals surface area (Å²) in [6.45, 7) is 1.38. The van der Waals surface area contributed by atoms with E-state index in [1.165, 1.54) is 6.92 Å². The van der Waals surface area contributed by atoms with Crippen LogP contribution in [0.2, 0.25) is 0 Å². The molecule has 5 nitrogen and oxygen atoms in total. The van der Waals surface area contributed by atoms with Gasteiger partial charge in [-0.15, -0.1) is 10.1 Å². The Hall–Kier alpha value is -0.840. The molecular formula is C2H6N2O3. The molecule has 0 fully saturated rings. The minimum atomic E-state index is -0.926. The average Bonchev–Trinajstić information content (AvgIpc) is 1.27. The third-order valence-corrected chi connectivity index (χ3v) is 0.252. The van der Waals surface area contributed by atoms with Gasteiger partial charge in [0.05, 0.1) is 0 Å². The first-order chi connectivity index (χ1) is 3.13. The van der Waals surface area contributed by atoms with Crippen molar-refractivity contribution in [2.24, 2.45) is 5.73 Å². The first-order valence-corrected chi connectivity index (χ1v) is 1.69. The van der Waals surface area contributed by atoms with Gasteiger partial charge in [-0.3, -0.25) is 4.84 Å². The van der Waals surface area contributed by atoms with Gasteiger partial charge in [-0.2, -0.15) is 0 Å². The van der Waals surface area contributed by atoms with Crippen LogP contribution >= 0.6 is 0 Å². The smallest absolute Gasteiger partial charge is 0.296 e. The molecule has 0 spiro atoms. The number of nitrogens with zero attached hydrogens (tertiary/aromatic N) is 1. The predicted octanol–water partition coefficient (Wildman–Crippen LogP) is -0.501. The standard InChI is InChI=1S/C2H6N2O3/c1-2(3)7-4(5)6/h2H,3H2,1H3. The summed E-state index contributed by atoms with van der Waals surface area (Å²) in [5.41, 5.74) is 4.83. The second kappa shape index (κ2) is 2.35. The molecule has 0 saturated carbocycles. The van der Waals surface area contributed by atoms with Gasteiger partial charge in [-0.1, -0.05) is 0 Å². The Labute approximate surface area is 40.2 Å². The molecule has 0 radical (unpaired) electrons. The van der Waals surface area contributed by atoms with Crippen LogP contribution in [-0.2, 0) is 4.84 Å². The van der Waals surface area contributed by atoms with Crippen LogP contribution < -0.4 is 5.73 Å². The zero-order chi connectivity index (χ0) is 5.86. The summed E-state index contributed by atoms with van der Waals surface area (Å²) < 4.78 is 0. The van der Waals surface area contributed by atoms with E-state index in [1.807, 2.05) is 0 Å². The van der Waals surface area contributed by atoms with Crippen molar-refractivity contribution in [2.45, 2.75) is 13.2 Å². The Kier molecular flexibility index (Phi) is 2.07. The van der Waals surface area contributed by atoms with Crippen LogP contribution in [0.15, 0.2) is 0 Å². The van der Waals surface area contributed by atoms with Crippen LogP contribution in [0.1, 0.15) is 6.92 Å². The molecule has 5 heteroatoms. The van der Waals surface area contributed by atoms with Crippen molar-refractivity contribution in [2.75, 3.05) is 0 Å². The molecule has 0 aromatic rings. The summed E-state index contributed by atoms with van der Waals surface area (Å²) >= 11 is 0. The predicted molar refractivity (Wildman–Crippen MR) is 21.7 cm³/mol. The summed E-state index contributed by atoms with van der Waals surface area (Å²) in [6, 6.07) is 0. The normalized spacial score (nSPS) is 12.9. The fraction of sp³-hybridized carbons (Fsp3) is 1.00. The van der Waals surface area contributed by atoms with Crippen molar-refractivity contribution in [1.82, 2.24) is 0 Å². The molecule has 7 heavy (non-hydrogen) atoms. The Bertz CT molecular complexity index is 71.3. The molecule has 0 rings (SSSR count). The van der Waals surface area contributed by atoms with E-state index in [1.54, 1.807) is 0 Å². The van der Waals surface area contributed by atoms with Crippen molar-refractivity contribution in [3.63, 3.8) is 0 Å². The van der Waals surface area contributed by atoms with Gasteiger partial charge in [-0.05, 0) is 6.92 Å². The lowest BCUT2D eigenvalue weighted by Gasteiger charge is -1.97. The quantitative estimate of drug-likeness (QED) is 0.292. The molecule has 0 bridgehead atoms. The molecule has 1 atom stereocenters. The highest BCUT2D eigenvalue weighted by atomic mass is 17.0. The lowest BCUT2D eigenvalue weighted by Crippen LogP contribution is -2.22. The van der Waals surface area contributed by atoms with Crippen LogP contribution in [0.3, 0.4) is 0 Å². The summed E-state index contributed by atoms with van der Waals surface area (Å²) in [4.78, 5) is 13.1. The zero-order valence-corrected chi connectivity index (χ0v) is 3.83. The fourth-order valence-corrected chi connectivity index (χ4v) is 0.136. The maximum Gasteiger partial charge on any atom is 0.296 e. The van der Waals surface area contributed by atoms with Gasteiger partial charge >= 0.3 is 0 Å². The first-order valence-electron chi connectivity index (χ1n) is 1.69. The molecule has 1 unspecified atom stereocenters. The second-order valence-electron chi connectivity index (χ2n) is 1.03. The van der Waals surface area contributed by atoms with E-state index in [2.05, 4.69) is 4.84 Å². The number of hydrogen-bond donors (Lipinski definition) is 1. The molecule has 2 N–H and O–H groups in total. The highest BCUT2D eigenvalue weighted by Gasteiger charge is 1.96. The Morgan fingerprint density at radius 1 is 2.00 bits per heavy atom. The lowest BCUT2D eigenvalue weighted by molar-refractivity contribution is -0.767. The van der Waals surface area contributed by atoms with Gasteiger partial charge in [0, 0.05) is 0 Å². The highest BCUT2D eigenvalue weighted by molar-refractivity contribution is 4.21. The fourth-order valence-electron chi connectivity index (χ4n) is 0.136. The summed E-state index contributed by atoms with van der Waals surface area (Å²) in [6.07, 6.45) is -0.824.